The van der Waals surface area contributed by atoms with Crippen molar-refractivity contribution in [1.82, 2.24) is 14.9 Å². The van der Waals surface area contributed by atoms with E-state index in [1.807, 2.05) is 54.8 Å². The summed E-state index contributed by atoms with van der Waals surface area (Å²) in [6.07, 6.45) is 2.26. The van der Waals surface area contributed by atoms with E-state index in [-0.39, 0.29) is 11.8 Å². The highest BCUT2D eigenvalue weighted by Gasteiger charge is 2.34. The lowest BCUT2D eigenvalue weighted by atomic mass is 9.85. The average molecular weight is 460 g/mol. The fourth-order valence-electron chi connectivity index (χ4n) is 4.42. The Morgan fingerprint density at radius 3 is 2.55 bits per heavy atom. The first-order chi connectivity index (χ1) is 14.7. The van der Waals surface area contributed by atoms with Gasteiger partial charge < -0.3 is 15.5 Å². The molecule has 1 aromatic heterocycles. The van der Waals surface area contributed by atoms with Crippen molar-refractivity contribution in [1.29, 1.82) is 0 Å². The second-order valence-corrected chi connectivity index (χ2v) is 10.9. The van der Waals surface area contributed by atoms with Crippen molar-refractivity contribution in [2.75, 3.05) is 31.1 Å². The van der Waals surface area contributed by atoms with Crippen LogP contribution in [0.4, 0.5) is 5.82 Å². The molecule has 2 N–H and O–H groups in total. The normalized spacial score (nSPS) is 20.0. The van der Waals surface area contributed by atoms with Crippen LogP contribution in [0.15, 0.2) is 30.6 Å². The zero-order valence-corrected chi connectivity index (χ0v) is 19.9. The smallest absolute Gasteiger partial charge is 0.230 e. The van der Waals surface area contributed by atoms with Crippen LogP contribution in [0.5, 0.6) is 0 Å². The molecular weight excluding hydrogens is 430 g/mol. The molecule has 0 aliphatic carbocycles. The lowest BCUT2D eigenvalue weighted by Gasteiger charge is -2.38. The molecule has 4 rings (SSSR count). The van der Waals surface area contributed by atoms with Gasteiger partial charge in [0.05, 0.1) is 11.6 Å². The standard InChI is InChI=1S/C23H30ClN5OS/c1-15-20-19(13-31-15)26-14-27-21(20)28-8-10-29(11-9-28)22(30)18(12-23(2,3)25)16-4-6-17(24)7-5-16/h4-7,14-15,18H,8-13,25H2,1-3H3/t15?,18-/m0/s1. The predicted octanol–water partition coefficient (Wildman–Crippen LogP) is 4.00. The number of hydrogen-bond donors (Lipinski definition) is 1. The molecule has 0 saturated carbocycles. The van der Waals surface area contributed by atoms with Crippen LogP contribution in [0.3, 0.4) is 0 Å². The topological polar surface area (TPSA) is 75.4 Å². The number of carbonyl (C=O) groups is 1. The summed E-state index contributed by atoms with van der Waals surface area (Å²) in [5.41, 5.74) is 9.24. The third-order valence-electron chi connectivity index (χ3n) is 6.01. The summed E-state index contributed by atoms with van der Waals surface area (Å²) in [4.78, 5) is 26.9. The molecule has 2 aliphatic heterocycles. The van der Waals surface area contributed by atoms with E-state index in [9.17, 15) is 4.79 Å². The van der Waals surface area contributed by atoms with Crippen molar-refractivity contribution < 1.29 is 4.79 Å². The van der Waals surface area contributed by atoms with Gasteiger partial charge in [-0.2, -0.15) is 0 Å². The second-order valence-electron chi connectivity index (χ2n) is 9.12. The van der Waals surface area contributed by atoms with E-state index in [1.54, 1.807) is 6.33 Å². The van der Waals surface area contributed by atoms with Crippen LogP contribution in [0.1, 0.15) is 55.2 Å². The van der Waals surface area contributed by atoms with Gasteiger partial charge in [-0.15, -0.1) is 11.8 Å². The maximum atomic E-state index is 13.5. The maximum Gasteiger partial charge on any atom is 0.230 e. The molecular formula is C23H30ClN5OS. The van der Waals surface area contributed by atoms with Gasteiger partial charge in [0.25, 0.3) is 0 Å². The van der Waals surface area contributed by atoms with Crippen molar-refractivity contribution >= 4 is 35.1 Å². The molecule has 0 radical (unpaired) electrons. The summed E-state index contributed by atoms with van der Waals surface area (Å²) in [6, 6.07) is 7.56. The highest BCUT2D eigenvalue weighted by Crippen LogP contribution is 2.44. The van der Waals surface area contributed by atoms with E-state index < -0.39 is 5.54 Å². The first kappa shape index (κ1) is 22.4. The van der Waals surface area contributed by atoms with E-state index in [0.717, 1.165) is 35.9 Å². The van der Waals surface area contributed by atoms with Gasteiger partial charge in [-0.3, -0.25) is 4.79 Å². The fraction of sp³-hybridized carbons (Fsp3) is 0.522. The van der Waals surface area contributed by atoms with E-state index in [2.05, 4.69) is 21.8 Å². The molecule has 6 nitrogen and oxygen atoms in total. The molecule has 1 saturated heterocycles. The third-order valence-corrected chi connectivity index (χ3v) is 7.44. The minimum Gasteiger partial charge on any atom is -0.353 e. The summed E-state index contributed by atoms with van der Waals surface area (Å²) in [6.45, 7) is 9.04. The van der Waals surface area contributed by atoms with Crippen LogP contribution in [0, 0.1) is 0 Å². The fourth-order valence-corrected chi connectivity index (χ4v) is 5.59. The molecule has 1 amide bonds. The minimum atomic E-state index is -0.447. The molecule has 1 aromatic carbocycles. The van der Waals surface area contributed by atoms with Gasteiger partial charge in [0.15, 0.2) is 0 Å². The van der Waals surface area contributed by atoms with Crippen LogP contribution >= 0.6 is 23.4 Å². The van der Waals surface area contributed by atoms with Gasteiger partial charge in [-0.05, 0) is 44.9 Å². The number of fused-ring (bicyclic) bond motifs is 1. The van der Waals surface area contributed by atoms with Crippen molar-refractivity contribution in [3.05, 3.63) is 52.4 Å². The predicted molar refractivity (Wildman–Crippen MR) is 128 cm³/mol. The van der Waals surface area contributed by atoms with Crippen LogP contribution in [-0.4, -0.2) is 52.5 Å². The zero-order chi connectivity index (χ0) is 22.2. The lowest BCUT2D eigenvalue weighted by molar-refractivity contribution is -0.133. The van der Waals surface area contributed by atoms with Gasteiger partial charge in [0.2, 0.25) is 5.91 Å². The molecule has 0 spiro atoms. The lowest BCUT2D eigenvalue weighted by Crippen LogP contribution is -2.51. The molecule has 0 bridgehead atoms. The second kappa shape index (κ2) is 8.96. The number of anilines is 1. The number of piperazine rings is 1. The maximum absolute atomic E-state index is 13.5. The number of nitrogens with zero attached hydrogens (tertiary/aromatic N) is 4. The molecule has 2 aliphatic rings. The SMILES string of the molecule is CC1SCc2ncnc(N3CCN(C(=O)[C@@H](CC(C)(C)N)c4ccc(Cl)cc4)CC3)c21. The quantitative estimate of drug-likeness (QED) is 0.728. The Morgan fingerprint density at radius 1 is 1.23 bits per heavy atom. The Hall–Kier alpha value is -1.83. The van der Waals surface area contributed by atoms with Gasteiger partial charge >= 0.3 is 0 Å². The zero-order valence-electron chi connectivity index (χ0n) is 18.3. The first-order valence-corrected chi connectivity index (χ1v) is 12.2. The summed E-state index contributed by atoms with van der Waals surface area (Å²) < 4.78 is 0. The number of hydrogen-bond acceptors (Lipinski definition) is 6. The number of aromatic nitrogens is 2. The average Bonchev–Trinajstić information content (AvgIpc) is 3.13. The van der Waals surface area contributed by atoms with E-state index in [1.165, 1.54) is 5.56 Å². The van der Waals surface area contributed by atoms with E-state index in [4.69, 9.17) is 17.3 Å². The molecule has 3 heterocycles. The largest absolute Gasteiger partial charge is 0.353 e. The highest BCUT2D eigenvalue weighted by atomic mass is 35.5. The van der Waals surface area contributed by atoms with Crippen LogP contribution in [-0.2, 0) is 10.5 Å². The third kappa shape index (κ3) is 4.99. The Kier molecular flexibility index (Phi) is 6.47. The molecule has 8 heteroatoms. The molecule has 1 unspecified atom stereocenters. The number of thioether (sulfide) groups is 1. The summed E-state index contributed by atoms with van der Waals surface area (Å²) >= 11 is 7.97. The monoisotopic (exact) mass is 459 g/mol. The first-order valence-electron chi connectivity index (χ1n) is 10.8. The Balaban J connectivity index is 1.49. The summed E-state index contributed by atoms with van der Waals surface area (Å²) in [7, 11) is 0. The molecule has 166 valence electrons. The number of carbonyl (C=O) groups excluding carboxylic acids is 1. The van der Waals surface area contributed by atoms with Gasteiger partial charge in [0, 0.05) is 53.3 Å². The Bertz CT molecular complexity index is 938. The molecule has 2 atom stereocenters. The Labute approximate surface area is 193 Å². The van der Waals surface area contributed by atoms with Gasteiger partial charge in [0.1, 0.15) is 12.1 Å². The number of amides is 1. The highest BCUT2D eigenvalue weighted by molar-refractivity contribution is 7.99. The van der Waals surface area contributed by atoms with Crippen molar-refractivity contribution in [3.8, 4) is 0 Å². The van der Waals surface area contributed by atoms with Crippen molar-refractivity contribution in [2.24, 2.45) is 5.73 Å². The minimum absolute atomic E-state index is 0.136. The van der Waals surface area contributed by atoms with Crippen molar-refractivity contribution in [3.63, 3.8) is 0 Å². The summed E-state index contributed by atoms with van der Waals surface area (Å²) in [5, 5.41) is 1.08. The van der Waals surface area contributed by atoms with Gasteiger partial charge in [-0.1, -0.05) is 23.7 Å². The number of halogens is 1. The van der Waals surface area contributed by atoms with E-state index in [0.29, 0.717) is 29.8 Å². The Morgan fingerprint density at radius 2 is 1.90 bits per heavy atom. The van der Waals surface area contributed by atoms with E-state index >= 15 is 0 Å². The van der Waals surface area contributed by atoms with Crippen LogP contribution in [0.25, 0.3) is 0 Å². The number of benzene rings is 1. The van der Waals surface area contributed by atoms with Crippen LogP contribution < -0.4 is 10.6 Å². The number of rotatable bonds is 5. The molecule has 1 fully saturated rings. The molecule has 2 aromatic rings. The van der Waals surface area contributed by atoms with Gasteiger partial charge in [-0.25, -0.2) is 9.97 Å². The van der Waals surface area contributed by atoms with Crippen LogP contribution in [0.2, 0.25) is 5.02 Å². The van der Waals surface area contributed by atoms with Crippen molar-refractivity contribution in [2.45, 2.75) is 49.7 Å². The summed E-state index contributed by atoms with van der Waals surface area (Å²) in [5.74, 6) is 1.84. The number of nitrogens with two attached hydrogens (primary N) is 1. The molecule has 31 heavy (non-hydrogen) atoms.